The van der Waals surface area contributed by atoms with Crippen molar-refractivity contribution in [1.29, 1.82) is 0 Å². The molecule has 2 fully saturated rings. The van der Waals surface area contributed by atoms with Crippen LogP contribution < -0.4 is 9.47 Å². The van der Waals surface area contributed by atoms with E-state index in [4.69, 9.17) is 14.2 Å². The number of halogens is 1. The van der Waals surface area contributed by atoms with E-state index in [9.17, 15) is 14.4 Å². The van der Waals surface area contributed by atoms with Crippen molar-refractivity contribution in [3.8, 4) is 11.5 Å². The number of rotatable bonds is 7. The van der Waals surface area contributed by atoms with Gasteiger partial charge < -0.3 is 19.1 Å². The molecule has 8 nitrogen and oxygen atoms in total. The lowest BCUT2D eigenvalue weighted by Gasteiger charge is -2.28. The van der Waals surface area contributed by atoms with Gasteiger partial charge in [0.05, 0.1) is 29.7 Å². The average molecular weight is 547 g/mol. The summed E-state index contributed by atoms with van der Waals surface area (Å²) in [5.74, 6) is 0.262. The maximum absolute atomic E-state index is 12.9. The molecule has 2 aromatic carbocycles. The zero-order chi connectivity index (χ0) is 24.1. The minimum Gasteiger partial charge on any atom is -0.493 e. The Hall–Kier alpha value is -2.82. The summed E-state index contributed by atoms with van der Waals surface area (Å²) < 4.78 is 17.3. The summed E-state index contributed by atoms with van der Waals surface area (Å²) in [6.07, 6.45) is 1.61. The summed E-state index contributed by atoms with van der Waals surface area (Å²) >= 11 is 4.33. The van der Waals surface area contributed by atoms with Crippen molar-refractivity contribution in [2.75, 3.05) is 40.0 Å². The van der Waals surface area contributed by atoms with Gasteiger partial charge in [-0.15, -0.1) is 0 Å². The fourth-order valence-corrected chi connectivity index (χ4v) is 4.94. The first-order valence-corrected chi connectivity index (χ1v) is 12.2. The van der Waals surface area contributed by atoms with E-state index in [0.717, 1.165) is 22.2 Å². The second kappa shape index (κ2) is 11.1. The Kier molecular flexibility index (Phi) is 7.91. The van der Waals surface area contributed by atoms with Gasteiger partial charge in [0.25, 0.3) is 11.1 Å². The minimum absolute atomic E-state index is 0.242. The zero-order valence-corrected chi connectivity index (χ0v) is 20.9. The highest BCUT2D eigenvalue weighted by molar-refractivity contribution is 9.10. The first kappa shape index (κ1) is 24.3. The molecule has 178 valence electrons. The molecule has 0 spiro atoms. The van der Waals surface area contributed by atoms with Crippen LogP contribution in [0.1, 0.15) is 11.1 Å². The standard InChI is InChI=1S/C24H23BrN2O6S/c1-31-19-12-17(11-18(25)22(19)33-15-16-5-3-2-4-6-16)13-20-23(29)27(24(30)34-20)14-21(28)26-7-9-32-10-8-26/h2-6,11-13H,7-10,14-15H2,1H3/b20-13-. The number of thioether (sulfide) groups is 1. The molecule has 2 saturated heterocycles. The minimum atomic E-state index is -0.490. The lowest BCUT2D eigenvalue weighted by Crippen LogP contribution is -2.46. The third kappa shape index (κ3) is 5.63. The van der Waals surface area contributed by atoms with Crippen molar-refractivity contribution in [1.82, 2.24) is 9.80 Å². The fourth-order valence-electron chi connectivity index (χ4n) is 3.53. The third-order valence-corrected chi connectivity index (χ3v) is 6.80. The van der Waals surface area contributed by atoms with Gasteiger partial charge in [-0.05, 0) is 57.0 Å². The Morgan fingerprint density at radius 1 is 1.18 bits per heavy atom. The van der Waals surface area contributed by atoms with Gasteiger partial charge in [-0.3, -0.25) is 19.3 Å². The van der Waals surface area contributed by atoms with Crippen LogP contribution in [-0.2, 0) is 20.9 Å². The van der Waals surface area contributed by atoms with Crippen molar-refractivity contribution < 1.29 is 28.6 Å². The highest BCUT2D eigenvalue weighted by Crippen LogP contribution is 2.39. The summed E-state index contributed by atoms with van der Waals surface area (Å²) in [5, 5.41) is -0.466. The largest absolute Gasteiger partial charge is 0.493 e. The van der Waals surface area contributed by atoms with E-state index in [1.165, 1.54) is 7.11 Å². The Balaban J connectivity index is 1.48. The second-order valence-corrected chi connectivity index (χ2v) is 9.42. The first-order valence-electron chi connectivity index (χ1n) is 10.6. The van der Waals surface area contributed by atoms with E-state index in [1.54, 1.807) is 23.1 Å². The average Bonchev–Trinajstić information content (AvgIpc) is 3.11. The molecule has 3 amide bonds. The first-order chi connectivity index (χ1) is 16.5. The predicted molar refractivity (Wildman–Crippen MR) is 132 cm³/mol. The normalized spacial score (nSPS) is 17.4. The molecule has 4 rings (SSSR count). The summed E-state index contributed by atoms with van der Waals surface area (Å²) in [6, 6.07) is 13.3. The van der Waals surface area contributed by atoms with E-state index in [-0.39, 0.29) is 17.4 Å². The smallest absolute Gasteiger partial charge is 0.294 e. The number of carbonyl (C=O) groups excluding carboxylic acids is 3. The van der Waals surface area contributed by atoms with Crippen LogP contribution in [0.4, 0.5) is 4.79 Å². The lowest BCUT2D eigenvalue weighted by molar-refractivity contribution is -0.139. The number of imide groups is 1. The maximum atomic E-state index is 12.9. The summed E-state index contributed by atoms with van der Waals surface area (Å²) in [6.45, 7) is 1.91. The molecule has 0 aromatic heterocycles. The number of hydrogen-bond donors (Lipinski definition) is 0. The highest BCUT2D eigenvalue weighted by Gasteiger charge is 2.37. The van der Waals surface area contributed by atoms with Crippen molar-refractivity contribution in [3.63, 3.8) is 0 Å². The van der Waals surface area contributed by atoms with Crippen LogP contribution in [0.3, 0.4) is 0 Å². The summed E-state index contributed by atoms with van der Waals surface area (Å²) in [5.41, 5.74) is 1.67. The highest BCUT2D eigenvalue weighted by atomic mass is 79.9. The fraction of sp³-hybridized carbons (Fsp3) is 0.292. The molecule has 2 aliphatic heterocycles. The van der Waals surface area contributed by atoms with Crippen LogP contribution >= 0.6 is 27.7 Å². The number of methoxy groups -OCH3 is 1. The van der Waals surface area contributed by atoms with Crippen LogP contribution in [0.2, 0.25) is 0 Å². The van der Waals surface area contributed by atoms with Gasteiger partial charge in [0.1, 0.15) is 13.2 Å². The molecule has 2 heterocycles. The number of morpholine rings is 1. The van der Waals surface area contributed by atoms with Gasteiger partial charge in [0.15, 0.2) is 11.5 Å². The molecule has 0 bridgehead atoms. The number of carbonyl (C=O) groups is 3. The molecule has 0 radical (unpaired) electrons. The van der Waals surface area contributed by atoms with E-state index < -0.39 is 11.1 Å². The lowest BCUT2D eigenvalue weighted by atomic mass is 10.1. The molecule has 0 saturated carbocycles. The predicted octanol–water partition coefficient (Wildman–Crippen LogP) is 3.93. The molecule has 0 unspecified atom stereocenters. The van der Waals surface area contributed by atoms with Crippen LogP contribution in [-0.4, -0.2) is 66.8 Å². The molecule has 0 N–H and O–H groups in total. The Bertz CT molecular complexity index is 1120. The quantitative estimate of drug-likeness (QED) is 0.486. The monoisotopic (exact) mass is 546 g/mol. The van der Waals surface area contributed by atoms with Crippen LogP contribution in [0.5, 0.6) is 11.5 Å². The van der Waals surface area contributed by atoms with E-state index in [2.05, 4.69) is 15.9 Å². The SMILES string of the molecule is COc1cc(/C=C2\SC(=O)N(CC(=O)N3CCOCC3)C2=O)cc(Br)c1OCc1ccccc1. The zero-order valence-electron chi connectivity index (χ0n) is 18.5. The summed E-state index contributed by atoms with van der Waals surface area (Å²) in [4.78, 5) is 40.6. The van der Waals surface area contributed by atoms with Crippen LogP contribution in [0.25, 0.3) is 6.08 Å². The number of hydrogen-bond acceptors (Lipinski definition) is 7. The molecular weight excluding hydrogens is 524 g/mol. The van der Waals surface area contributed by atoms with Gasteiger partial charge in [-0.25, -0.2) is 0 Å². The number of benzene rings is 2. The van der Waals surface area contributed by atoms with Gasteiger partial charge in [-0.1, -0.05) is 30.3 Å². The van der Waals surface area contributed by atoms with Gasteiger partial charge in [0.2, 0.25) is 5.91 Å². The number of ether oxygens (including phenoxy) is 3. The van der Waals surface area contributed by atoms with E-state index in [1.807, 2.05) is 30.3 Å². The Morgan fingerprint density at radius 3 is 2.62 bits per heavy atom. The molecule has 0 atom stereocenters. The van der Waals surface area contributed by atoms with E-state index in [0.29, 0.717) is 54.4 Å². The molecule has 0 aliphatic carbocycles. The van der Waals surface area contributed by atoms with Gasteiger partial charge in [0, 0.05) is 13.1 Å². The topological polar surface area (TPSA) is 85.4 Å². The van der Waals surface area contributed by atoms with Crippen LogP contribution in [0, 0.1) is 0 Å². The van der Waals surface area contributed by atoms with Crippen molar-refractivity contribution >= 4 is 50.8 Å². The molecule has 2 aliphatic rings. The Labute approximate surface area is 210 Å². The summed E-state index contributed by atoms with van der Waals surface area (Å²) in [7, 11) is 1.53. The van der Waals surface area contributed by atoms with Crippen molar-refractivity contribution in [2.24, 2.45) is 0 Å². The third-order valence-electron chi connectivity index (χ3n) is 5.31. The van der Waals surface area contributed by atoms with Gasteiger partial charge in [-0.2, -0.15) is 0 Å². The molecule has 2 aromatic rings. The maximum Gasteiger partial charge on any atom is 0.294 e. The molecule has 10 heteroatoms. The number of nitrogens with zero attached hydrogens (tertiary/aromatic N) is 2. The second-order valence-electron chi connectivity index (χ2n) is 7.57. The molecule has 34 heavy (non-hydrogen) atoms. The van der Waals surface area contributed by atoms with Crippen molar-refractivity contribution in [2.45, 2.75) is 6.61 Å². The van der Waals surface area contributed by atoms with Crippen molar-refractivity contribution in [3.05, 3.63) is 63.0 Å². The van der Waals surface area contributed by atoms with Gasteiger partial charge >= 0.3 is 0 Å². The van der Waals surface area contributed by atoms with Crippen LogP contribution in [0.15, 0.2) is 51.8 Å². The number of amides is 3. The van der Waals surface area contributed by atoms with E-state index >= 15 is 0 Å². The Morgan fingerprint density at radius 2 is 1.91 bits per heavy atom. The molecular formula is C24H23BrN2O6S.